The van der Waals surface area contributed by atoms with E-state index in [1.165, 1.54) is 24.1 Å². The molecule has 3 N–H and O–H groups in total. The Labute approximate surface area is 217 Å². The van der Waals surface area contributed by atoms with Crippen molar-refractivity contribution < 1.29 is 32.5 Å². The van der Waals surface area contributed by atoms with Gasteiger partial charge in [0.25, 0.3) is 0 Å². The summed E-state index contributed by atoms with van der Waals surface area (Å²) < 4.78 is 52.4. The lowest BCUT2D eigenvalue weighted by Crippen LogP contribution is -2.37. The molecule has 0 bridgehead atoms. The van der Waals surface area contributed by atoms with Gasteiger partial charge in [0.15, 0.2) is 36.2 Å². The smallest absolute Gasteiger partial charge is 0.342 e. The van der Waals surface area contributed by atoms with Gasteiger partial charge in [-0.25, -0.2) is 24.4 Å². The topological polar surface area (TPSA) is 153 Å². The number of benzene rings is 1. The molecule has 4 atom stereocenters. The van der Waals surface area contributed by atoms with E-state index in [1.807, 2.05) is 0 Å². The Morgan fingerprint density at radius 2 is 2.08 bits per heavy atom. The van der Waals surface area contributed by atoms with Gasteiger partial charge >= 0.3 is 13.5 Å². The molecule has 2 aliphatic rings. The molecule has 1 saturated carbocycles. The normalized spacial score (nSPS) is 21.9. The van der Waals surface area contributed by atoms with E-state index in [0.717, 1.165) is 25.3 Å². The van der Waals surface area contributed by atoms with Crippen molar-refractivity contribution in [3.63, 3.8) is 0 Å². The number of esters is 1. The van der Waals surface area contributed by atoms with Crippen LogP contribution in [0.25, 0.3) is 11.2 Å². The molecule has 12 nitrogen and oxygen atoms in total. The van der Waals surface area contributed by atoms with Gasteiger partial charge < -0.3 is 24.5 Å². The average Bonchev–Trinajstić information content (AvgIpc) is 3.46. The fourth-order valence-corrected chi connectivity index (χ4v) is 5.70. The summed E-state index contributed by atoms with van der Waals surface area (Å²) in [6, 6.07) is 7.50. The largest absolute Gasteiger partial charge is 0.464 e. The molecule has 1 aromatic carbocycles. The number of fused-ring (bicyclic) bond motifs is 1. The van der Waals surface area contributed by atoms with Gasteiger partial charge in [-0.3, -0.25) is 13.9 Å². The number of nitrogens with two attached hydrogens (primary N) is 1. The van der Waals surface area contributed by atoms with Gasteiger partial charge in [0.2, 0.25) is 0 Å². The summed E-state index contributed by atoms with van der Waals surface area (Å²) in [7, 11) is -3.85. The molecular formula is C24H28FN6O6P. The van der Waals surface area contributed by atoms with Gasteiger partial charge in [-0.2, -0.15) is 0 Å². The first-order valence-corrected chi connectivity index (χ1v) is 14.0. The van der Waals surface area contributed by atoms with Crippen molar-refractivity contribution in [2.45, 2.75) is 44.7 Å². The number of aromatic nitrogens is 4. The summed E-state index contributed by atoms with van der Waals surface area (Å²) in [4.78, 5) is 24.6. The van der Waals surface area contributed by atoms with Crippen LogP contribution in [-0.2, 0) is 23.6 Å². The molecule has 3 aromatic rings. The number of hydrogen-bond acceptors (Lipinski definition) is 10. The molecule has 14 heteroatoms. The minimum absolute atomic E-state index is 0.148. The molecule has 5 rings (SSSR count). The molecule has 0 radical (unpaired) electrons. The zero-order chi connectivity index (χ0) is 26.7. The Bertz CT molecular complexity index is 1370. The summed E-state index contributed by atoms with van der Waals surface area (Å²) in [5, 5.41) is 2.72. The summed E-state index contributed by atoms with van der Waals surface area (Å²) in [5.74, 6) is -0.395. The van der Waals surface area contributed by atoms with Crippen LogP contribution in [0.3, 0.4) is 0 Å². The molecule has 2 aromatic heterocycles. The molecule has 38 heavy (non-hydrogen) atoms. The quantitative estimate of drug-likeness (QED) is 0.267. The van der Waals surface area contributed by atoms with Crippen LogP contribution in [0.15, 0.2) is 54.9 Å². The van der Waals surface area contributed by atoms with Crippen LogP contribution in [0.5, 0.6) is 5.75 Å². The van der Waals surface area contributed by atoms with Gasteiger partial charge in [0.05, 0.1) is 12.9 Å². The van der Waals surface area contributed by atoms with E-state index >= 15 is 0 Å². The number of nitrogens with zero attached hydrogens (tertiary/aromatic N) is 4. The number of rotatable bonds is 11. The number of para-hydroxylation sites is 1. The second-order valence-corrected chi connectivity index (χ2v) is 11.2. The third kappa shape index (κ3) is 5.86. The van der Waals surface area contributed by atoms with Crippen LogP contribution in [-0.4, -0.2) is 50.8 Å². The summed E-state index contributed by atoms with van der Waals surface area (Å²) in [6.07, 6.45) is 3.91. The number of carbonyl (C=O) groups excluding carboxylic acids is 1. The molecule has 0 amide bonds. The van der Waals surface area contributed by atoms with Crippen LogP contribution in [0.2, 0.25) is 0 Å². The highest BCUT2D eigenvalue weighted by Gasteiger charge is 2.36. The second kappa shape index (κ2) is 11.2. The predicted molar refractivity (Wildman–Crippen MR) is 134 cm³/mol. The highest BCUT2D eigenvalue weighted by atomic mass is 31.2. The molecule has 202 valence electrons. The predicted octanol–water partition coefficient (Wildman–Crippen LogP) is 3.68. The fraction of sp³-hybridized carbons (Fsp3) is 0.417. The Hall–Kier alpha value is -3.38. The number of carbonyl (C=O) groups is 1. The number of nitrogen functional groups attached to an aromatic ring is 1. The number of anilines is 1. The van der Waals surface area contributed by atoms with E-state index in [1.54, 1.807) is 30.3 Å². The summed E-state index contributed by atoms with van der Waals surface area (Å²) >= 11 is 0. The van der Waals surface area contributed by atoms with Gasteiger partial charge in [-0.05, 0) is 37.8 Å². The maximum Gasteiger partial charge on any atom is 0.342 e. The Balaban J connectivity index is 1.25. The Morgan fingerprint density at radius 3 is 2.82 bits per heavy atom. The van der Waals surface area contributed by atoms with Crippen molar-refractivity contribution in [1.29, 1.82) is 0 Å². The number of imidazole rings is 1. The van der Waals surface area contributed by atoms with E-state index in [9.17, 15) is 13.8 Å². The Kier molecular flexibility index (Phi) is 7.70. The zero-order valence-electron chi connectivity index (χ0n) is 20.6. The van der Waals surface area contributed by atoms with Crippen molar-refractivity contribution in [1.82, 2.24) is 24.6 Å². The molecule has 3 heterocycles. The summed E-state index contributed by atoms with van der Waals surface area (Å²) in [6.45, 7) is 1.86. The molecule has 0 saturated heterocycles. The van der Waals surface area contributed by atoms with Crippen molar-refractivity contribution >= 4 is 30.5 Å². The third-order valence-corrected chi connectivity index (χ3v) is 8.04. The summed E-state index contributed by atoms with van der Waals surface area (Å²) in [5.41, 5.74) is 6.39. The Morgan fingerprint density at radius 1 is 1.29 bits per heavy atom. The zero-order valence-corrected chi connectivity index (χ0v) is 21.5. The van der Waals surface area contributed by atoms with Crippen molar-refractivity contribution in [2.24, 2.45) is 5.92 Å². The third-order valence-electron chi connectivity index (χ3n) is 6.27. The monoisotopic (exact) mass is 546 g/mol. The second-order valence-electron chi connectivity index (χ2n) is 9.14. The standard InChI is InChI=1S/C24H28FN6O6P/c1-15(24(32)34-11-16-6-5-7-16)30-38(33,37-17-8-3-2-4-9-17)14-35-19-10-18(25)23(36-19)31-13-29-20-21(26)27-12-28-22(20)31/h2-4,8-10,12-13,15-16,19,23H,5-7,11,14H2,1H3,(H,30,33)(H2,26,27,28)/t15?,19-,23+,38?/m0/s1. The SMILES string of the molecule is CC(NP(=O)(CO[C@@H]1C=C(F)[C@H](n2cnc3c(N)ncnc32)O1)Oc1ccccc1)C(=O)OCC1CCC1. The average molecular weight is 546 g/mol. The lowest BCUT2D eigenvalue weighted by atomic mass is 9.86. The van der Waals surface area contributed by atoms with Gasteiger partial charge in [0.1, 0.15) is 23.6 Å². The highest BCUT2D eigenvalue weighted by Crippen LogP contribution is 2.45. The van der Waals surface area contributed by atoms with E-state index in [-0.39, 0.29) is 11.5 Å². The minimum atomic E-state index is -3.85. The van der Waals surface area contributed by atoms with Crippen LogP contribution in [0, 0.1) is 5.92 Å². The molecule has 1 aliphatic carbocycles. The highest BCUT2D eigenvalue weighted by molar-refractivity contribution is 7.57. The van der Waals surface area contributed by atoms with E-state index in [4.69, 9.17) is 24.5 Å². The molecule has 0 spiro atoms. The van der Waals surface area contributed by atoms with Gasteiger partial charge in [-0.15, -0.1) is 0 Å². The van der Waals surface area contributed by atoms with Crippen molar-refractivity contribution in [3.05, 3.63) is 54.9 Å². The van der Waals surface area contributed by atoms with Crippen molar-refractivity contribution in [2.75, 3.05) is 18.7 Å². The van der Waals surface area contributed by atoms with Crippen LogP contribution in [0.1, 0.15) is 32.4 Å². The van der Waals surface area contributed by atoms with Gasteiger partial charge in [0, 0.05) is 6.08 Å². The first-order valence-electron chi connectivity index (χ1n) is 12.2. The molecule has 1 fully saturated rings. The molecule has 2 unspecified atom stereocenters. The maximum absolute atomic E-state index is 14.9. The first-order chi connectivity index (χ1) is 18.3. The lowest BCUT2D eigenvalue weighted by Gasteiger charge is -2.27. The number of ether oxygens (including phenoxy) is 3. The fourth-order valence-electron chi connectivity index (χ4n) is 4.02. The molecular weight excluding hydrogens is 518 g/mol. The first kappa shape index (κ1) is 26.2. The number of nitrogens with one attached hydrogen (secondary N) is 1. The van der Waals surface area contributed by atoms with Crippen LogP contribution >= 0.6 is 7.52 Å². The number of hydrogen-bond donors (Lipinski definition) is 2. The maximum atomic E-state index is 14.9. The van der Waals surface area contributed by atoms with E-state index < -0.39 is 44.2 Å². The van der Waals surface area contributed by atoms with Gasteiger partial charge in [-0.1, -0.05) is 24.6 Å². The minimum Gasteiger partial charge on any atom is -0.464 e. The number of halogens is 1. The van der Waals surface area contributed by atoms with Crippen LogP contribution in [0.4, 0.5) is 10.2 Å². The van der Waals surface area contributed by atoms with Crippen LogP contribution < -0.4 is 15.3 Å². The lowest BCUT2D eigenvalue weighted by molar-refractivity contribution is -0.147. The van der Waals surface area contributed by atoms with E-state index in [2.05, 4.69) is 20.0 Å². The van der Waals surface area contributed by atoms with Crippen molar-refractivity contribution in [3.8, 4) is 5.75 Å². The molecule has 1 aliphatic heterocycles. The van der Waals surface area contributed by atoms with E-state index in [0.29, 0.717) is 23.8 Å².